The predicted molar refractivity (Wildman–Crippen MR) is 63.9 cm³/mol. The van der Waals surface area contributed by atoms with Crippen LogP contribution in [-0.2, 0) is 4.74 Å². The van der Waals surface area contributed by atoms with Crippen molar-refractivity contribution in [2.45, 2.75) is 45.1 Å². The molecule has 1 aromatic rings. The molecule has 0 saturated carbocycles. The molecule has 1 saturated heterocycles. The van der Waals surface area contributed by atoms with Crippen LogP contribution in [0, 0.1) is 6.92 Å². The molecule has 0 amide bonds. The zero-order valence-corrected chi connectivity index (χ0v) is 10.2. The average molecular weight is 234 g/mol. The first kappa shape index (κ1) is 12.2. The minimum absolute atomic E-state index is 0.0306. The SMILES string of the molecule is Cc1cnc(C(=O)CCCC2CCCO2)nc1. The minimum atomic E-state index is 0.0306. The molecule has 0 N–H and O–H groups in total. The van der Waals surface area contributed by atoms with E-state index in [-0.39, 0.29) is 5.78 Å². The molecule has 0 bridgehead atoms. The van der Waals surface area contributed by atoms with Gasteiger partial charge >= 0.3 is 0 Å². The molecule has 2 heterocycles. The summed E-state index contributed by atoms with van der Waals surface area (Å²) in [6, 6.07) is 0. The van der Waals surface area contributed by atoms with Crippen molar-refractivity contribution in [2.24, 2.45) is 0 Å². The highest BCUT2D eigenvalue weighted by molar-refractivity contribution is 5.92. The van der Waals surface area contributed by atoms with Crippen LogP contribution in [0.4, 0.5) is 0 Å². The summed E-state index contributed by atoms with van der Waals surface area (Å²) >= 11 is 0. The van der Waals surface area contributed by atoms with Crippen LogP contribution >= 0.6 is 0 Å². The molecule has 1 unspecified atom stereocenters. The highest BCUT2D eigenvalue weighted by Crippen LogP contribution is 2.18. The quantitative estimate of drug-likeness (QED) is 0.734. The van der Waals surface area contributed by atoms with E-state index in [1.54, 1.807) is 12.4 Å². The third-order valence-electron chi connectivity index (χ3n) is 2.98. The lowest BCUT2D eigenvalue weighted by molar-refractivity contribution is 0.0915. The van der Waals surface area contributed by atoms with Crippen molar-refractivity contribution < 1.29 is 9.53 Å². The van der Waals surface area contributed by atoms with E-state index in [0.29, 0.717) is 18.3 Å². The number of ketones is 1. The van der Waals surface area contributed by atoms with Crippen molar-refractivity contribution in [1.29, 1.82) is 0 Å². The maximum Gasteiger partial charge on any atom is 0.200 e. The molecule has 1 aliphatic heterocycles. The Bertz CT molecular complexity index is 370. The molecule has 92 valence electrons. The number of ether oxygens (including phenoxy) is 1. The van der Waals surface area contributed by atoms with E-state index < -0.39 is 0 Å². The number of Topliss-reactive ketones (excluding diaryl/α,β-unsaturated/α-hetero) is 1. The summed E-state index contributed by atoms with van der Waals surface area (Å²) in [5, 5.41) is 0. The van der Waals surface area contributed by atoms with Crippen molar-refractivity contribution in [2.75, 3.05) is 6.61 Å². The summed E-state index contributed by atoms with van der Waals surface area (Å²) in [5.74, 6) is 0.367. The largest absolute Gasteiger partial charge is 0.378 e. The van der Waals surface area contributed by atoms with E-state index in [0.717, 1.165) is 37.9 Å². The van der Waals surface area contributed by atoms with Crippen LogP contribution < -0.4 is 0 Å². The molecule has 17 heavy (non-hydrogen) atoms. The number of carbonyl (C=O) groups excluding carboxylic acids is 1. The second kappa shape index (κ2) is 5.87. The fourth-order valence-corrected chi connectivity index (χ4v) is 2.01. The molecule has 0 radical (unpaired) electrons. The number of hydrogen-bond acceptors (Lipinski definition) is 4. The zero-order chi connectivity index (χ0) is 12.1. The van der Waals surface area contributed by atoms with Gasteiger partial charge in [-0.25, -0.2) is 9.97 Å². The average Bonchev–Trinajstić information content (AvgIpc) is 2.83. The summed E-state index contributed by atoms with van der Waals surface area (Å²) in [6.45, 7) is 2.78. The molecule has 1 aromatic heterocycles. The molecule has 1 aliphatic rings. The normalized spacial score (nSPS) is 19.5. The molecule has 0 spiro atoms. The van der Waals surface area contributed by atoms with Gasteiger partial charge in [-0.2, -0.15) is 0 Å². The van der Waals surface area contributed by atoms with Crippen LogP contribution in [0.5, 0.6) is 0 Å². The van der Waals surface area contributed by atoms with Crippen LogP contribution in [0.15, 0.2) is 12.4 Å². The third-order valence-corrected chi connectivity index (χ3v) is 2.98. The summed E-state index contributed by atoms with van der Waals surface area (Å²) in [7, 11) is 0. The van der Waals surface area contributed by atoms with Gasteiger partial charge in [-0.3, -0.25) is 4.79 Å². The second-order valence-corrected chi connectivity index (χ2v) is 4.53. The van der Waals surface area contributed by atoms with Crippen LogP contribution in [0.25, 0.3) is 0 Å². The van der Waals surface area contributed by atoms with E-state index in [1.807, 2.05) is 6.92 Å². The monoisotopic (exact) mass is 234 g/mol. The van der Waals surface area contributed by atoms with Gasteiger partial charge in [0, 0.05) is 25.4 Å². The van der Waals surface area contributed by atoms with Gasteiger partial charge in [-0.15, -0.1) is 0 Å². The van der Waals surface area contributed by atoms with Crippen molar-refractivity contribution in [3.63, 3.8) is 0 Å². The number of rotatable bonds is 5. The first-order valence-electron chi connectivity index (χ1n) is 6.19. The first-order valence-corrected chi connectivity index (χ1v) is 6.19. The predicted octanol–water partition coefficient (Wildman–Crippen LogP) is 2.32. The van der Waals surface area contributed by atoms with Crippen LogP contribution in [-0.4, -0.2) is 28.5 Å². The highest BCUT2D eigenvalue weighted by atomic mass is 16.5. The Morgan fingerprint density at radius 3 is 2.88 bits per heavy atom. The molecule has 1 atom stereocenters. The molecular weight excluding hydrogens is 216 g/mol. The molecule has 1 fully saturated rings. The second-order valence-electron chi connectivity index (χ2n) is 4.53. The van der Waals surface area contributed by atoms with Gasteiger partial charge in [-0.1, -0.05) is 0 Å². The lowest BCUT2D eigenvalue weighted by atomic mass is 10.1. The van der Waals surface area contributed by atoms with Crippen LogP contribution in [0.2, 0.25) is 0 Å². The topological polar surface area (TPSA) is 52.1 Å². The fourth-order valence-electron chi connectivity index (χ4n) is 2.01. The number of aromatic nitrogens is 2. The smallest absolute Gasteiger partial charge is 0.200 e. The summed E-state index contributed by atoms with van der Waals surface area (Å²) in [4.78, 5) is 19.8. The fraction of sp³-hybridized carbons (Fsp3) is 0.615. The summed E-state index contributed by atoms with van der Waals surface area (Å²) in [6.07, 6.45) is 8.36. The van der Waals surface area contributed by atoms with Gasteiger partial charge in [0.25, 0.3) is 0 Å². The van der Waals surface area contributed by atoms with Crippen molar-refractivity contribution in [1.82, 2.24) is 9.97 Å². The van der Waals surface area contributed by atoms with E-state index in [9.17, 15) is 4.79 Å². The molecule has 0 aromatic carbocycles. The molecular formula is C13H18N2O2. The van der Waals surface area contributed by atoms with Crippen molar-refractivity contribution in [3.05, 3.63) is 23.8 Å². The molecule has 4 nitrogen and oxygen atoms in total. The van der Waals surface area contributed by atoms with E-state index in [2.05, 4.69) is 9.97 Å². The minimum Gasteiger partial charge on any atom is -0.378 e. The van der Waals surface area contributed by atoms with E-state index >= 15 is 0 Å². The summed E-state index contributed by atoms with van der Waals surface area (Å²) < 4.78 is 5.51. The van der Waals surface area contributed by atoms with Gasteiger partial charge in [0.05, 0.1) is 6.10 Å². The maximum absolute atomic E-state index is 11.8. The lowest BCUT2D eigenvalue weighted by Gasteiger charge is -2.07. The third kappa shape index (κ3) is 3.60. The Morgan fingerprint density at radius 1 is 1.47 bits per heavy atom. The maximum atomic E-state index is 11.8. The van der Waals surface area contributed by atoms with Gasteiger partial charge in [0.2, 0.25) is 0 Å². The Labute approximate surface area is 101 Å². The molecule has 4 heteroatoms. The number of aryl methyl sites for hydroxylation is 1. The highest BCUT2D eigenvalue weighted by Gasteiger charge is 2.16. The van der Waals surface area contributed by atoms with Crippen molar-refractivity contribution in [3.8, 4) is 0 Å². The number of nitrogens with zero attached hydrogens (tertiary/aromatic N) is 2. The lowest BCUT2D eigenvalue weighted by Crippen LogP contribution is -2.08. The number of hydrogen-bond donors (Lipinski definition) is 0. The number of carbonyl (C=O) groups is 1. The van der Waals surface area contributed by atoms with Crippen molar-refractivity contribution >= 4 is 5.78 Å². The van der Waals surface area contributed by atoms with Crippen LogP contribution in [0.1, 0.15) is 48.3 Å². The molecule has 2 rings (SSSR count). The Kier molecular flexibility index (Phi) is 4.20. The summed E-state index contributed by atoms with van der Waals surface area (Å²) in [5.41, 5.74) is 0.973. The Hall–Kier alpha value is -1.29. The van der Waals surface area contributed by atoms with Gasteiger partial charge in [-0.05, 0) is 38.2 Å². The van der Waals surface area contributed by atoms with E-state index in [4.69, 9.17) is 4.74 Å². The standard InChI is InChI=1S/C13H18N2O2/c1-10-8-14-13(15-9-10)12(16)6-2-4-11-5-3-7-17-11/h8-9,11H,2-7H2,1H3. The van der Waals surface area contributed by atoms with Crippen LogP contribution in [0.3, 0.4) is 0 Å². The van der Waals surface area contributed by atoms with Gasteiger partial charge in [0.15, 0.2) is 11.6 Å². The Morgan fingerprint density at radius 2 is 2.24 bits per heavy atom. The van der Waals surface area contributed by atoms with Gasteiger partial charge in [0.1, 0.15) is 0 Å². The Balaban J connectivity index is 1.75. The zero-order valence-electron chi connectivity index (χ0n) is 10.2. The first-order chi connectivity index (χ1) is 8.25. The van der Waals surface area contributed by atoms with Gasteiger partial charge < -0.3 is 4.74 Å². The molecule has 0 aliphatic carbocycles. The van der Waals surface area contributed by atoms with E-state index in [1.165, 1.54) is 0 Å².